The van der Waals surface area contributed by atoms with E-state index in [9.17, 15) is 10.1 Å². The first-order valence-electron chi connectivity index (χ1n) is 12.8. The van der Waals surface area contributed by atoms with E-state index in [0.29, 0.717) is 31.3 Å². The lowest BCUT2D eigenvalue weighted by atomic mass is 9.73. The number of nitrogens with zero attached hydrogens (tertiary/aromatic N) is 4. The maximum absolute atomic E-state index is 15.1. The summed E-state index contributed by atoms with van der Waals surface area (Å²) in [5.41, 5.74) is 9.78. The lowest BCUT2D eigenvalue weighted by molar-refractivity contribution is 0.187. The predicted molar refractivity (Wildman–Crippen MR) is 146 cm³/mol. The van der Waals surface area contributed by atoms with Crippen LogP contribution in [-0.2, 0) is 11.2 Å². The van der Waals surface area contributed by atoms with Gasteiger partial charge in [-0.25, -0.2) is 9.37 Å². The quantitative estimate of drug-likeness (QED) is 0.519. The van der Waals surface area contributed by atoms with E-state index < -0.39 is 11.4 Å². The Kier molecular flexibility index (Phi) is 7.14. The van der Waals surface area contributed by atoms with E-state index in [0.717, 1.165) is 30.4 Å². The predicted octanol–water partition coefficient (Wildman–Crippen LogP) is 3.40. The van der Waals surface area contributed by atoms with Gasteiger partial charge in [-0.3, -0.25) is 9.36 Å². The van der Waals surface area contributed by atoms with Crippen molar-refractivity contribution in [1.29, 1.82) is 5.26 Å². The average Bonchev–Trinajstić information content (AvgIpc) is 3.19. The molecule has 0 radical (unpaired) electrons. The van der Waals surface area contributed by atoms with Crippen LogP contribution in [0.1, 0.15) is 47.0 Å². The third kappa shape index (κ3) is 4.65. The fourth-order valence-electron chi connectivity index (χ4n) is 5.87. The highest BCUT2D eigenvalue weighted by Crippen LogP contribution is 2.51. The Hall–Kier alpha value is -4.18. The molecule has 1 spiro atoms. The third-order valence-corrected chi connectivity index (χ3v) is 7.93. The number of halogens is 1. The van der Waals surface area contributed by atoms with Crippen LogP contribution in [-0.4, -0.2) is 43.5 Å². The minimum atomic E-state index is -0.779. The number of nitriles is 1. The summed E-state index contributed by atoms with van der Waals surface area (Å²) in [6.07, 6.45) is 2.63. The SMILES string of the molecule is COCC#Cc1ccc2c(c1)[C@@H](N)C1(CCN(c3cc(=O)n(-c4ccc(C#N)c(OC)c4F)c(C)n3)CC1)C2. The first-order chi connectivity index (χ1) is 18.8. The van der Waals surface area contributed by atoms with Crippen molar-refractivity contribution in [2.45, 2.75) is 32.2 Å². The number of benzene rings is 2. The number of hydrogen-bond acceptors (Lipinski definition) is 7. The van der Waals surface area contributed by atoms with Gasteiger partial charge in [0, 0.05) is 37.9 Å². The molecule has 0 amide bonds. The second kappa shape index (κ2) is 10.5. The van der Waals surface area contributed by atoms with Gasteiger partial charge in [0.05, 0.1) is 18.4 Å². The van der Waals surface area contributed by atoms with Gasteiger partial charge in [0.1, 0.15) is 24.3 Å². The Morgan fingerprint density at radius 3 is 2.64 bits per heavy atom. The summed E-state index contributed by atoms with van der Waals surface area (Å²) < 4.78 is 26.4. The van der Waals surface area contributed by atoms with Crippen LogP contribution in [0.3, 0.4) is 0 Å². The summed E-state index contributed by atoms with van der Waals surface area (Å²) in [4.78, 5) is 19.9. The molecule has 2 N–H and O–H groups in total. The van der Waals surface area contributed by atoms with Crippen molar-refractivity contribution in [1.82, 2.24) is 9.55 Å². The fourth-order valence-corrected chi connectivity index (χ4v) is 5.87. The molecule has 2 aromatic carbocycles. The topological polar surface area (TPSA) is 106 Å². The van der Waals surface area contributed by atoms with Gasteiger partial charge in [-0.1, -0.05) is 17.9 Å². The number of fused-ring (bicyclic) bond motifs is 1. The molecule has 200 valence electrons. The Bertz CT molecular complexity index is 1590. The molecule has 1 aliphatic carbocycles. The lowest BCUT2D eigenvalue weighted by Gasteiger charge is -2.42. The van der Waals surface area contributed by atoms with Gasteiger partial charge in [0.25, 0.3) is 5.56 Å². The minimum absolute atomic E-state index is 0.00836. The maximum Gasteiger partial charge on any atom is 0.260 e. The van der Waals surface area contributed by atoms with Crippen LogP contribution in [0.4, 0.5) is 10.2 Å². The minimum Gasteiger partial charge on any atom is -0.492 e. The zero-order valence-corrected chi connectivity index (χ0v) is 22.3. The maximum atomic E-state index is 15.1. The molecule has 3 aromatic rings. The van der Waals surface area contributed by atoms with Crippen molar-refractivity contribution in [3.8, 4) is 29.3 Å². The summed E-state index contributed by atoms with van der Waals surface area (Å²) in [5, 5.41) is 9.22. The molecule has 0 saturated carbocycles. The van der Waals surface area contributed by atoms with E-state index in [4.69, 9.17) is 15.2 Å². The van der Waals surface area contributed by atoms with E-state index in [2.05, 4.69) is 33.9 Å². The van der Waals surface area contributed by atoms with Gasteiger partial charge in [-0.2, -0.15) is 5.26 Å². The first-order valence-corrected chi connectivity index (χ1v) is 12.8. The standard InChI is InChI=1S/C30H30FN5O3/c1-19-34-25(16-26(37)36(19)24-9-8-22(18-32)28(39-3)27(24)31)35-12-10-30(11-13-35)17-21-7-6-20(5-4-14-38-2)15-23(21)29(30)33/h6-9,15-16,29H,10-14,17,33H2,1-3H3/t29-/m1/s1. The number of ether oxygens (including phenoxy) is 2. The monoisotopic (exact) mass is 527 g/mol. The molecule has 1 atom stereocenters. The number of hydrogen-bond donors (Lipinski definition) is 1. The van der Waals surface area contributed by atoms with Crippen LogP contribution in [0.25, 0.3) is 5.69 Å². The molecule has 39 heavy (non-hydrogen) atoms. The summed E-state index contributed by atoms with van der Waals surface area (Å²) in [7, 11) is 2.91. The van der Waals surface area contributed by atoms with Gasteiger partial charge in [-0.05, 0) is 67.0 Å². The van der Waals surface area contributed by atoms with Crippen molar-refractivity contribution in [3.63, 3.8) is 0 Å². The Morgan fingerprint density at radius 2 is 1.97 bits per heavy atom. The second-order valence-electron chi connectivity index (χ2n) is 10.1. The van der Waals surface area contributed by atoms with Gasteiger partial charge < -0.3 is 20.1 Å². The molecule has 8 nitrogen and oxygen atoms in total. The summed E-state index contributed by atoms with van der Waals surface area (Å²) in [5.74, 6) is 6.06. The van der Waals surface area contributed by atoms with Gasteiger partial charge in [0.2, 0.25) is 0 Å². The van der Waals surface area contributed by atoms with Crippen molar-refractivity contribution in [3.05, 3.63) is 80.6 Å². The van der Waals surface area contributed by atoms with Crippen LogP contribution < -0.4 is 20.9 Å². The fraction of sp³-hybridized carbons (Fsp3) is 0.367. The Labute approximate surface area is 226 Å². The molecule has 2 heterocycles. The highest BCUT2D eigenvalue weighted by Gasteiger charge is 2.46. The number of aromatic nitrogens is 2. The van der Waals surface area contributed by atoms with Crippen LogP contribution in [0.5, 0.6) is 5.75 Å². The molecule has 0 bridgehead atoms. The largest absolute Gasteiger partial charge is 0.492 e. The smallest absolute Gasteiger partial charge is 0.260 e. The summed E-state index contributed by atoms with van der Waals surface area (Å²) in [6, 6.07) is 12.3. The van der Waals surface area contributed by atoms with Crippen LogP contribution in [0.15, 0.2) is 41.2 Å². The zero-order valence-electron chi connectivity index (χ0n) is 22.3. The summed E-state index contributed by atoms with van der Waals surface area (Å²) in [6.45, 7) is 3.46. The molecule has 9 heteroatoms. The van der Waals surface area contributed by atoms with E-state index in [1.165, 1.54) is 35.4 Å². The second-order valence-corrected chi connectivity index (χ2v) is 10.1. The molecular weight excluding hydrogens is 497 g/mol. The van der Waals surface area contributed by atoms with Crippen molar-refractivity contribution in [2.75, 3.05) is 38.8 Å². The Balaban J connectivity index is 1.36. The van der Waals surface area contributed by atoms with Gasteiger partial charge in [0.15, 0.2) is 11.6 Å². The zero-order chi connectivity index (χ0) is 27.7. The van der Waals surface area contributed by atoms with Crippen molar-refractivity contribution in [2.24, 2.45) is 11.1 Å². The molecule has 1 aromatic heterocycles. The number of anilines is 1. The molecule has 1 aliphatic heterocycles. The number of nitrogens with two attached hydrogens (primary N) is 1. The highest BCUT2D eigenvalue weighted by atomic mass is 19.1. The van der Waals surface area contributed by atoms with E-state index in [-0.39, 0.29) is 28.5 Å². The number of piperidine rings is 1. The molecule has 5 rings (SSSR count). The number of aryl methyl sites for hydroxylation is 1. The molecule has 1 fully saturated rings. The molecule has 0 unspecified atom stereocenters. The first kappa shape index (κ1) is 26.4. The van der Waals surface area contributed by atoms with Crippen LogP contribution in [0.2, 0.25) is 0 Å². The summed E-state index contributed by atoms with van der Waals surface area (Å²) >= 11 is 0. The van der Waals surface area contributed by atoms with Crippen LogP contribution in [0, 0.1) is 41.3 Å². The normalized spacial score (nSPS) is 17.3. The molecule has 2 aliphatic rings. The van der Waals surface area contributed by atoms with Crippen molar-refractivity contribution < 1.29 is 13.9 Å². The number of rotatable bonds is 4. The van der Waals surface area contributed by atoms with E-state index >= 15 is 4.39 Å². The number of methoxy groups -OCH3 is 2. The third-order valence-electron chi connectivity index (χ3n) is 7.93. The average molecular weight is 528 g/mol. The Morgan fingerprint density at radius 1 is 1.21 bits per heavy atom. The highest BCUT2D eigenvalue weighted by molar-refractivity contribution is 5.53. The van der Waals surface area contributed by atoms with E-state index in [1.54, 1.807) is 14.0 Å². The molecule has 1 saturated heterocycles. The van der Waals surface area contributed by atoms with Crippen molar-refractivity contribution >= 4 is 5.82 Å². The van der Waals surface area contributed by atoms with Gasteiger partial charge in [-0.15, -0.1) is 0 Å². The molecular formula is C30H30FN5O3. The van der Waals surface area contributed by atoms with Gasteiger partial charge >= 0.3 is 0 Å². The van der Waals surface area contributed by atoms with Crippen LogP contribution >= 0.6 is 0 Å². The van der Waals surface area contributed by atoms with E-state index in [1.807, 2.05) is 12.1 Å². The lowest BCUT2D eigenvalue weighted by Crippen LogP contribution is -2.45.